The molecule has 0 aliphatic heterocycles. The first kappa shape index (κ1) is 17.7. The Balaban J connectivity index is 1.95. The number of aliphatic hydroxyl groups is 1. The van der Waals surface area contributed by atoms with E-state index in [4.69, 9.17) is 0 Å². The number of carbonyl (C=O) groups is 2. The standard InChI is InChI=1S/C19H22N2O3/c1-13(2)14-8-5-9-17(10-14)21-19(24)18(23)20-11-15-6-3-4-7-16(15)12-22/h3-10,13,22H,11-12H2,1-2H3,(H,20,23)(H,21,24). The van der Waals surface area contributed by atoms with Crippen molar-refractivity contribution in [3.05, 3.63) is 65.2 Å². The van der Waals surface area contributed by atoms with Crippen LogP contribution in [0.1, 0.15) is 36.5 Å². The molecule has 5 nitrogen and oxygen atoms in total. The number of rotatable bonds is 5. The van der Waals surface area contributed by atoms with Gasteiger partial charge in [0.15, 0.2) is 0 Å². The molecule has 2 aromatic rings. The van der Waals surface area contributed by atoms with Crippen molar-refractivity contribution in [1.29, 1.82) is 0 Å². The summed E-state index contributed by atoms with van der Waals surface area (Å²) in [7, 11) is 0. The highest BCUT2D eigenvalue weighted by molar-refractivity contribution is 6.39. The Kier molecular flexibility index (Phi) is 6.09. The molecule has 0 aromatic heterocycles. The predicted octanol–water partition coefficient (Wildman–Crippen LogP) is 2.56. The van der Waals surface area contributed by atoms with Crippen molar-refractivity contribution in [2.24, 2.45) is 0 Å². The topological polar surface area (TPSA) is 78.4 Å². The minimum Gasteiger partial charge on any atom is -0.392 e. The molecule has 5 heteroatoms. The van der Waals surface area contributed by atoms with Crippen molar-refractivity contribution in [3.63, 3.8) is 0 Å². The van der Waals surface area contributed by atoms with Gasteiger partial charge in [-0.15, -0.1) is 0 Å². The molecule has 0 unspecified atom stereocenters. The van der Waals surface area contributed by atoms with Crippen molar-refractivity contribution >= 4 is 17.5 Å². The lowest BCUT2D eigenvalue weighted by Gasteiger charge is -2.11. The fourth-order valence-corrected chi connectivity index (χ4v) is 2.30. The number of carbonyl (C=O) groups excluding carboxylic acids is 2. The molecule has 2 amide bonds. The summed E-state index contributed by atoms with van der Waals surface area (Å²) < 4.78 is 0. The smallest absolute Gasteiger partial charge is 0.313 e. The van der Waals surface area contributed by atoms with E-state index in [9.17, 15) is 14.7 Å². The van der Waals surface area contributed by atoms with Crippen LogP contribution in [0.15, 0.2) is 48.5 Å². The molecule has 0 radical (unpaired) electrons. The lowest BCUT2D eigenvalue weighted by molar-refractivity contribution is -0.136. The summed E-state index contributed by atoms with van der Waals surface area (Å²) in [5, 5.41) is 14.4. The molecule has 126 valence electrons. The molecule has 2 rings (SSSR count). The van der Waals surface area contributed by atoms with Crippen LogP contribution in [-0.2, 0) is 22.7 Å². The molecular formula is C19H22N2O3. The third-order valence-corrected chi connectivity index (χ3v) is 3.75. The summed E-state index contributed by atoms with van der Waals surface area (Å²) in [5.41, 5.74) is 3.19. The van der Waals surface area contributed by atoms with Crippen molar-refractivity contribution in [3.8, 4) is 0 Å². The highest BCUT2D eigenvalue weighted by Crippen LogP contribution is 2.18. The number of benzene rings is 2. The second-order valence-corrected chi connectivity index (χ2v) is 5.84. The van der Waals surface area contributed by atoms with Crippen LogP contribution in [0.25, 0.3) is 0 Å². The number of aliphatic hydroxyl groups excluding tert-OH is 1. The fourth-order valence-electron chi connectivity index (χ4n) is 2.30. The number of anilines is 1. The van der Waals surface area contributed by atoms with Gasteiger partial charge in [-0.05, 0) is 34.7 Å². The van der Waals surface area contributed by atoms with E-state index in [0.717, 1.165) is 16.7 Å². The molecule has 0 aliphatic carbocycles. The maximum Gasteiger partial charge on any atom is 0.313 e. The summed E-state index contributed by atoms with van der Waals surface area (Å²) in [6.45, 7) is 4.20. The molecule has 0 spiro atoms. The van der Waals surface area contributed by atoms with Crippen LogP contribution in [-0.4, -0.2) is 16.9 Å². The molecule has 0 saturated heterocycles. The zero-order valence-corrected chi connectivity index (χ0v) is 13.9. The summed E-state index contributed by atoms with van der Waals surface area (Å²) >= 11 is 0. The highest BCUT2D eigenvalue weighted by Gasteiger charge is 2.14. The van der Waals surface area contributed by atoms with Crippen LogP contribution >= 0.6 is 0 Å². The second-order valence-electron chi connectivity index (χ2n) is 5.84. The van der Waals surface area contributed by atoms with E-state index in [-0.39, 0.29) is 13.2 Å². The Bertz CT molecular complexity index is 726. The summed E-state index contributed by atoms with van der Waals surface area (Å²) in [5.74, 6) is -1.08. The predicted molar refractivity (Wildman–Crippen MR) is 93.4 cm³/mol. The van der Waals surface area contributed by atoms with Gasteiger partial charge in [-0.25, -0.2) is 0 Å². The van der Waals surface area contributed by atoms with Gasteiger partial charge in [0.2, 0.25) is 0 Å². The van der Waals surface area contributed by atoms with Crippen molar-refractivity contribution in [2.75, 3.05) is 5.32 Å². The van der Waals surface area contributed by atoms with Gasteiger partial charge in [-0.2, -0.15) is 0 Å². The Morgan fingerprint density at radius 1 is 1.00 bits per heavy atom. The Labute approximate surface area is 141 Å². The zero-order chi connectivity index (χ0) is 17.5. The van der Waals surface area contributed by atoms with Gasteiger partial charge in [-0.3, -0.25) is 9.59 Å². The molecule has 0 atom stereocenters. The molecule has 0 bridgehead atoms. The molecule has 0 fully saturated rings. The fraction of sp³-hybridized carbons (Fsp3) is 0.263. The molecule has 3 N–H and O–H groups in total. The maximum absolute atomic E-state index is 12.0. The van der Waals surface area contributed by atoms with Crippen LogP contribution in [0.5, 0.6) is 0 Å². The lowest BCUT2D eigenvalue weighted by atomic mass is 10.0. The summed E-state index contributed by atoms with van der Waals surface area (Å²) in [6.07, 6.45) is 0. The largest absolute Gasteiger partial charge is 0.392 e. The maximum atomic E-state index is 12.0. The average molecular weight is 326 g/mol. The van der Waals surface area contributed by atoms with Crippen molar-refractivity contribution in [2.45, 2.75) is 32.9 Å². The van der Waals surface area contributed by atoms with Crippen molar-refractivity contribution in [1.82, 2.24) is 5.32 Å². The van der Waals surface area contributed by atoms with Crippen LogP contribution in [0.2, 0.25) is 0 Å². The first-order valence-corrected chi connectivity index (χ1v) is 7.88. The summed E-state index contributed by atoms with van der Waals surface area (Å²) in [6, 6.07) is 14.6. The van der Waals surface area contributed by atoms with Gasteiger partial charge in [0.25, 0.3) is 0 Å². The van der Waals surface area contributed by atoms with E-state index in [2.05, 4.69) is 24.5 Å². The number of amides is 2. The van der Waals surface area contributed by atoms with Crippen LogP contribution in [0.4, 0.5) is 5.69 Å². The SMILES string of the molecule is CC(C)c1cccc(NC(=O)C(=O)NCc2ccccc2CO)c1. The Hall–Kier alpha value is -2.66. The number of hydrogen-bond acceptors (Lipinski definition) is 3. The van der Waals surface area contributed by atoms with E-state index in [1.807, 2.05) is 30.3 Å². The average Bonchev–Trinajstić information content (AvgIpc) is 2.60. The van der Waals surface area contributed by atoms with Gasteiger partial charge in [0.05, 0.1) is 6.61 Å². The second kappa shape index (κ2) is 8.26. The van der Waals surface area contributed by atoms with Gasteiger partial charge in [0, 0.05) is 12.2 Å². The van der Waals surface area contributed by atoms with E-state index in [1.54, 1.807) is 18.2 Å². The molecule has 0 heterocycles. The normalized spacial score (nSPS) is 10.5. The molecule has 0 aliphatic rings. The lowest BCUT2D eigenvalue weighted by Crippen LogP contribution is -2.35. The van der Waals surface area contributed by atoms with Gasteiger partial charge < -0.3 is 15.7 Å². The zero-order valence-electron chi connectivity index (χ0n) is 13.9. The third-order valence-electron chi connectivity index (χ3n) is 3.75. The van der Waals surface area contributed by atoms with Gasteiger partial charge in [0.1, 0.15) is 0 Å². The van der Waals surface area contributed by atoms with Gasteiger partial charge >= 0.3 is 11.8 Å². The first-order valence-electron chi connectivity index (χ1n) is 7.88. The number of nitrogens with one attached hydrogen (secondary N) is 2. The molecule has 0 saturated carbocycles. The number of hydrogen-bond donors (Lipinski definition) is 3. The van der Waals surface area contributed by atoms with Crippen molar-refractivity contribution < 1.29 is 14.7 Å². The van der Waals surface area contributed by atoms with E-state index in [1.165, 1.54) is 0 Å². The van der Waals surface area contributed by atoms with E-state index < -0.39 is 11.8 Å². The molecular weight excluding hydrogens is 304 g/mol. The summed E-state index contributed by atoms with van der Waals surface area (Å²) in [4.78, 5) is 24.0. The molecule has 24 heavy (non-hydrogen) atoms. The first-order chi connectivity index (χ1) is 11.5. The highest BCUT2D eigenvalue weighted by atomic mass is 16.3. The Morgan fingerprint density at radius 2 is 1.71 bits per heavy atom. The van der Waals surface area contributed by atoms with E-state index >= 15 is 0 Å². The van der Waals surface area contributed by atoms with Crippen LogP contribution in [0, 0.1) is 0 Å². The third kappa shape index (κ3) is 4.67. The monoisotopic (exact) mass is 326 g/mol. The Morgan fingerprint density at radius 3 is 2.38 bits per heavy atom. The van der Waals surface area contributed by atoms with Crippen LogP contribution in [0.3, 0.4) is 0 Å². The molecule has 2 aromatic carbocycles. The van der Waals surface area contributed by atoms with Crippen LogP contribution < -0.4 is 10.6 Å². The minimum absolute atomic E-state index is 0.111. The van der Waals surface area contributed by atoms with Gasteiger partial charge in [-0.1, -0.05) is 50.2 Å². The van der Waals surface area contributed by atoms with E-state index in [0.29, 0.717) is 11.6 Å². The quantitative estimate of drug-likeness (QED) is 0.739. The minimum atomic E-state index is -0.711.